The summed E-state index contributed by atoms with van der Waals surface area (Å²) >= 11 is 1.71. The Balaban J connectivity index is 2.21. The number of benzene rings is 1. The Morgan fingerprint density at radius 3 is 2.71 bits per heavy atom. The minimum atomic E-state index is -0.135. The van der Waals surface area contributed by atoms with Crippen molar-refractivity contribution in [3.63, 3.8) is 0 Å². The first-order valence-corrected chi connectivity index (χ1v) is 8.39. The Kier molecular flexibility index (Phi) is 6.21. The SMILES string of the molecule is CCCNCc1cccc(F)c1N(CC)Cc1cccs1. The van der Waals surface area contributed by atoms with Crippen molar-refractivity contribution in [3.8, 4) is 0 Å². The molecule has 0 radical (unpaired) electrons. The molecule has 0 saturated carbocycles. The van der Waals surface area contributed by atoms with Gasteiger partial charge in [-0.05, 0) is 43.0 Å². The summed E-state index contributed by atoms with van der Waals surface area (Å²) in [6, 6.07) is 9.50. The van der Waals surface area contributed by atoms with E-state index in [0.29, 0.717) is 6.54 Å². The van der Waals surface area contributed by atoms with Gasteiger partial charge in [-0.1, -0.05) is 25.1 Å². The van der Waals surface area contributed by atoms with E-state index in [1.54, 1.807) is 23.5 Å². The predicted octanol–water partition coefficient (Wildman–Crippen LogP) is 4.41. The third-order valence-electron chi connectivity index (χ3n) is 3.44. The van der Waals surface area contributed by atoms with Crippen molar-refractivity contribution in [2.45, 2.75) is 33.4 Å². The molecule has 2 nitrogen and oxygen atoms in total. The van der Waals surface area contributed by atoms with Crippen molar-refractivity contribution >= 4 is 17.0 Å². The molecule has 0 unspecified atom stereocenters. The molecule has 0 aliphatic carbocycles. The maximum Gasteiger partial charge on any atom is 0.146 e. The lowest BCUT2D eigenvalue weighted by molar-refractivity contribution is 0.609. The molecule has 1 N–H and O–H groups in total. The first kappa shape index (κ1) is 16.0. The fourth-order valence-corrected chi connectivity index (χ4v) is 3.12. The van der Waals surface area contributed by atoms with E-state index in [0.717, 1.165) is 37.3 Å². The Morgan fingerprint density at radius 2 is 2.05 bits per heavy atom. The van der Waals surface area contributed by atoms with Crippen LogP contribution in [0, 0.1) is 5.82 Å². The van der Waals surface area contributed by atoms with Gasteiger partial charge in [0.25, 0.3) is 0 Å². The molecule has 1 aromatic carbocycles. The largest absolute Gasteiger partial charge is 0.364 e. The molecule has 4 heteroatoms. The van der Waals surface area contributed by atoms with Crippen LogP contribution in [0.3, 0.4) is 0 Å². The third-order valence-corrected chi connectivity index (χ3v) is 4.30. The van der Waals surface area contributed by atoms with Gasteiger partial charge in [0.1, 0.15) is 5.82 Å². The zero-order valence-corrected chi connectivity index (χ0v) is 13.5. The highest BCUT2D eigenvalue weighted by Crippen LogP contribution is 2.27. The number of thiophene rings is 1. The summed E-state index contributed by atoms with van der Waals surface area (Å²) in [7, 11) is 0. The summed E-state index contributed by atoms with van der Waals surface area (Å²) in [6.07, 6.45) is 1.08. The molecule has 1 aromatic heterocycles. The number of halogens is 1. The van der Waals surface area contributed by atoms with Crippen LogP contribution in [0.2, 0.25) is 0 Å². The van der Waals surface area contributed by atoms with E-state index in [1.807, 2.05) is 12.1 Å². The van der Waals surface area contributed by atoms with Gasteiger partial charge in [0.15, 0.2) is 0 Å². The number of hydrogen-bond donors (Lipinski definition) is 1. The average molecular weight is 306 g/mol. The lowest BCUT2D eigenvalue weighted by Gasteiger charge is -2.26. The van der Waals surface area contributed by atoms with Crippen LogP contribution in [0.5, 0.6) is 0 Å². The quantitative estimate of drug-likeness (QED) is 0.727. The zero-order chi connectivity index (χ0) is 15.1. The third kappa shape index (κ3) is 4.29. The van der Waals surface area contributed by atoms with Gasteiger partial charge >= 0.3 is 0 Å². The molecule has 0 aliphatic rings. The number of nitrogens with zero attached hydrogens (tertiary/aromatic N) is 1. The van der Waals surface area contributed by atoms with Crippen LogP contribution in [-0.4, -0.2) is 13.1 Å². The Labute approximate surface area is 130 Å². The molecule has 0 saturated heterocycles. The van der Waals surface area contributed by atoms with Crippen molar-refractivity contribution in [2.75, 3.05) is 18.0 Å². The average Bonchev–Trinajstić information content (AvgIpc) is 2.99. The first-order valence-electron chi connectivity index (χ1n) is 7.51. The molecule has 0 spiro atoms. The monoisotopic (exact) mass is 306 g/mol. The molecule has 2 aromatic rings. The van der Waals surface area contributed by atoms with E-state index in [1.165, 1.54) is 4.88 Å². The van der Waals surface area contributed by atoms with Crippen LogP contribution in [0.4, 0.5) is 10.1 Å². The molecule has 0 bridgehead atoms. The second kappa shape index (κ2) is 8.15. The molecule has 0 amide bonds. The molecule has 2 rings (SSSR count). The van der Waals surface area contributed by atoms with Gasteiger partial charge in [0, 0.05) is 18.0 Å². The maximum absolute atomic E-state index is 14.4. The molecular weight excluding hydrogens is 283 g/mol. The van der Waals surface area contributed by atoms with Crippen molar-refractivity contribution in [1.29, 1.82) is 0 Å². The summed E-state index contributed by atoms with van der Waals surface area (Å²) in [4.78, 5) is 3.37. The molecular formula is C17H23FN2S. The van der Waals surface area contributed by atoms with Crippen LogP contribution >= 0.6 is 11.3 Å². The lowest BCUT2D eigenvalue weighted by Crippen LogP contribution is -2.25. The van der Waals surface area contributed by atoms with Gasteiger partial charge in [-0.15, -0.1) is 11.3 Å². The molecule has 1 heterocycles. The van der Waals surface area contributed by atoms with E-state index < -0.39 is 0 Å². The van der Waals surface area contributed by atoms with Crippen molar-refractivity contribution in [3.05, 3.63) is 52.0 Å². The van der Waals surface area contributed by atoms with Gasteiger partial charge in [0.2, 0.25) is 0 Å². The van der Waals surface area contributed by atoms with E-state index in [-0.39, 0.29) is 5.82 Å². The summed E-state index contributed by atoms with van der Waals surface area (Å²) in [6.45, 7) is 7.42. The van der Waals surface area contributed by atoms with Gasteiger partial charge in [-0.25, -0.2) is 4.39 Å². The molecule has 0 atom stereocenters. The summed E-state index contributed by atoms with van der Waals surface area (Å²) in [5.74, 6) is -0.135. The summed E-state index contributed by atoms with van der Waals surface area (Å²) < 4.78 is 14.4. The minimum Gasteiger partial charge on any atom is -0.364 e. The second-order valence-electron chi connectivity index (χ2n) is 5.02. The highest BCUT2D eigenvalue weighted by atomic mass is 32.1. The summed E-state index contributed by atoms with van der Waals surface area (Å²) in [5, 5.41) is 5.43. The second-order valence-corrected chi connectivity index (χ2v) is 6.05. The highest BCUT2D eigenvalue weighted by Gasteiger charge is 2.15. The van der Waals surface area contributed by atoms with E-state index in [9.17, 15) is 4.39 Å². The minimum absolute atomic E-state index is 0.135. The van der Waals surface area contributed by atoms with E-state index in [2.05, 4.69) is 35.5 Å². The standard InChI is InChI=1S/C17H23FN2S/c1-3-10-19-12-14-7-5-9-16(18)17(14)20(4-2)13-15-8-6-11-21-15/h5-9,11,19H,3-4,10,12-13H2,1-2H3. The fourth-order valence-electron chi connectivity index (χ4n) is 2.40. The molecule has 0 fully saturated rings. The van der Waals surface area contributed by atoms with E-state index >= 15 is 0 Å². The van der Waals surface area contributed by atoms with Crippen LogP contribution in [0.1, 0.15) is 30.7 Å². The predicted molar refractivity (Wildman–Crippen MR) is 89.4 cm³/mol. The van der Waals surface area contributed by atoms with Crippen molar-refractivity contribution < 1.29 is 4.39 Å². The van der Waals surface area contributed by atoms with Gasteiger partial charge in [-0.3, -0.25) is 0 Å². The highest BCUT2D eigenvalue weighted by molar-refractivity contribution is 7.09. The van der Waals surface area contributed by atoms with Gasteiger partial charge < -0.3 is 10.2 Å². The van der Waals surface area contributed by atoms with Crippen LogP contribution in [0.25, 0.3) is 0 Å². The molecule has 21 heavy (non-hydrogen) atoms. The van der Waals surface area contributed by atoms with Crippen molar-refractivity contribution in [1.82, 2.24) is 5.32 Å². The van der Waals surface area contributed by atoms with Crippen LogP contribution < -0.4 is 10.2 Å². The van der Waals surface area contributed by atoms with Crippen molar-refractivity contribution in [2.24, 2.45) is 0 Å². The van der Waals surface area contributed by atoms with E-state index in [4.69, 9.17) is 0 Å². The number of nitrogens with one attached hydrogen (secondary N) is 1. The topological polar surface area (TPSA) is 15.3 Å². The maximum atomic E-state index is 14.4. The lowest BCUT2D eigenvalue weighted by atomic mass is 10.1. The number of para-hydroxylation sites is 1. The summed E-state index contributed by atoms with van der Waals surface area (Å²) in [5.41, 5.74) is 1.76. The first-order chi connectivity index (χ1) is 10.3. The Hall–Kier alpha value is -1.39. The fraction of sp³-hybridized carbons (Fsp3) is 0.412. The number of rotatable bonds is 8. The molecule has 114 valence electrons. The number of hydrogen-bond acceptors (Lipinski definition) is 3. The van der Waals surface area contributed by atoms with Crippen LogP contribution in [0.15, 0.2) is 35.7 Å². The zero-order valence-electron chi connectivity index (χ0n) is 12.7. The van der Waals surface area contributed by atoms with Gasteiger partial charge in [0.05, 0.1) is 12.2 Å². The van der Waals surface area contributed by atoms with Gasteiger partial charge in [-0.2, -0.15) is 0 Å². The Morgan fingerprint density at radius 1 is 1.19 bits per heavy atom. The smallest absolute Gasteiger partial charge is 0.146 e. The van der Waals surface area contributed by atoms with Crippen LogP contribution in [-0.2, 0) is 13.1 Å². The number of anilines is 1. The Bertz CT molecular complexity index is 540. The molecule has 0 aliphatic heterocycles. The normalized spacial score (nSPS) is 10.8.